The smallest absolute Gasteiger partial charge is 0.260 e. The van der Waals surface area contributed by atoms with E-state index in [0.29, 0.717) is 24.2 Å². The van der Waals surface area contributed by atoms with E-state index in [1.165, 1.54) is 11.1 Å². The van der Waals surface area contributed by atoms with Gasteiger partial charge in [-0.25, -0.2) is 9.50 Å². The molecule has 3 aromatic rings. The van der Waals surface area contributed by atoms with E-state index >= 15 is 0 Å². The maximum absolute atomic E-state index is 13.1. The number of aromatic nitrogens is 3. The monoisotopic (exact) mass is 335 g/mol. The van der Waals surface area contributed by atoms with Gasteiger partial charge in [0.05, 0.1) is 6.20 Å². The van der Waals surface area contributed by atoms with Crippen LogP contribution in [0.3, 0.4) is 0 Å². The third-order valence-electron chi connectivity index (χ3n) is 4.58. The molecule has 2 amide bonds. The molecule has 7 heteroatoms. The Morgan fingerprint density at radius 3 is 2.72 bits per heavy atom. The van der Waals surface area contributed by atoms with Crippen molar-refractivity contribution in [1.29, 1.82) is 0 Å². The average molecular weight is 335 g/mol. The molecule has 0 bridgehead atoms. The first-order valence-electron chi connectivity index (χ1n) is 8.02. The Morgan fingerprint density at radius 2 is 1.96 bits per heavy atom. The number of carbonyl (C=O) groups excluding carboxylic acids is 2. The van der Waals surface area contributed by atoms with Gasteiger partial charge in [-0.05, 0) is 24.1 Å². The van der Waals surface area contributed by atoms with E-state index < -0.39 is 11.9 Å². The van der Waals surface area contributed by atoms with Crippen LogP contribution in [-0.2, 0) is 17.8 Å². The molecule has 0 saturated carbocycles. The fourth-order valence-corrected chi connectivity index (χ4v) is 3.26. The van der Waals surface area contributed by atoms with E-state index in [1.807, 2.05) is 37.3 Å². The number of hydrogen-bond acceptors (Lipinski definition) is 4. The number of nitrogens with zero attached hydrogens (tertiary/aromatic N) is 4. The second kappa shape index (κ2) is 5.70. The highest BCUT2D eigenvalue weighted by Gasteiger charge is 2.35. The maximum atomic E-state index is 13.1. The van der Waals surface area contributed by atoms with Gasteiger partial charge in [0.15, 0.2) is 5.65 Å². The first kappa shape index (κ1) is 15.3. The lowest BCUT2D eigenvalue weighted by Gasteiger charge is -2.34. The van der Waals surface area contributed by atoms with Crippen LogP contribution in [0.2, 0.25) is 0 Å². The fraction of sp³-hybridized carbons (Fsp3) is 0.222. The predicted molar refractivity (Wildman–Crippen MR) is 90.7 cm³/mol. The second-order valence-electron chi connectivity index (χ2n) is 6.22. The first-order valence-corrected chi connectivity index (χ1v) is 8.02. The predicted octanol–water partition coefficient (Wildman–Crippen LogP) is 1.09. The molecule has 3 heterocycles. The molecule has 1 aromatic carbocycles. The molecule has 0 aliphatic carbocycles. The van der Waals surface area contributed by atoms with E-state index in [0.717, 1.165) is 16.8 Å². The lowest BCUT2D eigenvalue weighted by Crippen LogP contribution is -2.51. The molecule has 1 aliphatic heterocycles. The van der Waals surface area contributed by atoms with Gasteiger partial charge in [-0.15, -0.1) is 0 Å². The zero-order valence-electron chi connectivity index (χ0n) is 13.7. The fourth-order valence-electron chi connectivity index (χ4n) is 3.26. The lowest BCUT2D eigenvalue weighted by atomic mass is 9.93. The number of aryl methyl sites for hydroxylation is 1. The summed E-state index contributed by atoms with van der Waals surface area (Å²) in [5, 5.41) is 4.18. The first-order chi connectivity index (χ1) is 12.0. The molecule has 1 atom stereocenters. The van der Waals surface area contributed by atoms with Gasteiger partial charge >= 0.3 is 0 Å². The number of nitrogens with two attached hydrogens (primary N) is 1. The number of amides is 2. The minimum atomic E-state index is -0.679. The molecule has 7 nitrogen and oxygen atoms in total. The number of rotatable bonds is 2. The number of hydrogen-bond donors (Lipinski definition) is 1. The molecule has 0 fully saturated rings. The van der Waals surface area contributed by atoms with Crippen LogP contribution < -0.4 is 5.73 Å². The van der Waals surface area contributed by atoms with Gasteiger partial charge in [0.1, 0.15) is 11.6 Å². The number of benzene rings is 1. The van der Waals surface area contributed by atoms with Gasteiger partial charge < -0.3 is 10.6 Å². The lowest BCUT2D eigenvalue weighted by molar-refractivity contribution is -0.122. The van der Waals surface area contributed by atoms with Gasteiger partial charge in [-0.3, -0.25) is 9.59 Å². The van der Waals surface area contributed by atoms with Crippen molar-refractivity contribution in [3.05, 3.63) is 65.1 Å². The van der Waals surface area contributed by atoms with Crippen LogP contribution >= 0.6 is 0 Å². The molecule has 2 aromatic heterocycles. The maximum Gasteiger partial charge on any atom is 0.260 e. The van der Waals surface area contributed by atoms with Crippen molar-refractivity contribution in [3.63, 3.8) is 0 Å². The summed E-state index contributed by atoms with van der Waals surface area (Å²) in [6.07, 6.45) is 3.66. The quantitative estimate of drug-likeness (QED) is 0.758. The second-order valence-corrected chi connectivity index (χ2v) is 6.22. The Hall–Kier alpha value is -3.22. The Labute approximate surface area is 144 Å². The van der Waals surface area contributed by atoms with Gasteiger partial charge in [0, 0.05) is 24.9 Å². The molecule has 4 rings (SSSR count). The summed E-state index contributed by atoms with van der Waals surface area (Å²) in [5.74, 6) is -0.796. The minimum absolute atomic E-state index is 0.286. The van der Waals surface area contributed by atoms with Crippen LogP contribution in [0.4, 0.5) is 0 Å². The van der Waals surface area contributed by atoms with Crippen molar-refractivity contribution in [3.8, 4) is 0 Å². The van der Waals surface area contributed by atoms with Crippen molar-refractivity contribution in [2.75, 3.05) is 0 Å². The third kappa shape index (κ3) is 2.53. The van der Waals surface area contributed by atoms with Crippen LogP contribution in [0.5, 0.6) is 0 Å². The molecule has 0 unspecified atom stereocenters. The summed E-state index contributed by atoms with van der Waals surface area (Å²) in [7, 11) is 0. The summed E-state index contributed by atoms with van der Waals surface area (Å²) in [5.41, 5.74) is 9.28. The molecule has 126 valence electrons. The van der Waals surface area contributed by atoms with Crippen molar-refractivity contribution < 1.29 is 9.59 Å². The van der Waals surface area contributed by atoms with Crippen molar-refractivity contribution in [1.82, 2.24) is 19.5 Å². The average Bonchev–Trinajstić information content (AvgIpc) is 3.02. The molecular weight excluding hydrogens is 318 g/mol. The van der Waals surface area contributed by atoms with Gasteiger partial charge in [0.2, 0.25) is 5.91 Å². The normalized spacial score (nSPS) is 16.7. The largest absolute Gasteiger partial charge is 0.368 e. The minimum Gasteiger partial charge on any atom is -0.368 e. The molecule has 25 heavy (non-hydrogen) atoms. The number of carbonyl (C=O) groups is 2. The van der Waals surface area contributed by atoms with E-state index in [4.69, 9.17) is 5.73 Å². The van der Waals surface area contributed by atoms with Crippen LogP contribution in [0, 0.1) is 6.92 Å². The SMILES string of the molecule is Cc1ccn2ncc(C(=O)N3Cc4ccccc4C[C@H]3C(N)=O)c2n1. The van der Waals surface area contributed by atoms with Crippen molar-refractivity contribution >= 4 is 17.5 Å². The molecular formula is C18H17N5O2. The Bertz CT molecular complexity index is 994. The molecule has 0 spiro atoms. The van der Waals surface area contributed by atoms with E-state index in [-0.39, 0.29) is 5.91 Å². The summed E-state index contributed by atoms with van der Waals surface area (Å²) in [4.78, 5) is 31.0. The number of primary amides is 1. The van der Waals surface area contributed by atoms with Gasteiger partial charge in [-0.2, -0.15) is 5.10 Å². The molecule has 0 saturated heterocycles. The zero-order chi connectivity index (χ0) is 17.6. The van der Waals surface area contributed by atoms with E-state index in [2.05, 4.69) is 10.1 Å². The topological polar surface area (TPSA) is 93.6 Å². The zero-order valence-corrected chi connectivity index (χ0v) is 13.7. The Balaban J connectivity index is 1.77. The van der Waals surface area contributed by atoms with E-state index in [1.54, 1.807) is 10.7 Å². The van der Waals surface area contributed by atoms with Crippen LogP contribution in [-0.4, -0.2) is 37.4 Å². The van der Waals surface area contributed by atoms with Gasteiger partial charge in [-0.1, -0.05) is 24.3 Å². The highest BCUT2D eigenvalue weighted by molar-refractivity contribution is 6.02. The van der Waals surface area contributed by atoms with Crippen LogP contribution in [0.1, 0.15) is 27.2 Å². The summed E-state index contributed by atoms with van der Waals surface area (Å²) in [6, 6.07) is 8.91. The summed E-state index contributed by atoms with van der Waals surface area (Å²) >= 11 is 0. The highest BCUT2D eigenvalue weighted by atomic mass is 16.2. The standard InChI is InChI=1S/C18H17N5O2/c1-11-6-7-23-17(21-11)14(9-20-23)18(25)22-10-13-5-3-2-4-12(13)8-15(22)16(19)24/h2-7,9,15H,8,10H2,1H3,(H2,19,24)/t15-/m0/s1. The number of fused-ring (bicyclic) bond motifs is 2. The van der Waals surface area contributed by atoms with E-state index in [9.17, 15) is 9.59 Å². The third-order valence-corrected chi connectivity index (χ3v) is 4.58. The summed E-state index contributed by atoms with van der Waals surface area (Å²) in [6.45, 7) is 2.19. The van der Waals surface area contributed by atoms with Gasteiger partial charge in [0.25, 0.3) is 5.91 Å². The molecule has 1 aliphatic rings. The Morgan fingerprint density at radius 1 is 1.20 bits per heavy atom. The van der Waals surface area contributed by atoms with Crippen molar-refractivity contribution in [2.45, 2.75) is 25.9 Å². The van der Waals surface area contributed by atoms with Crippen LogP contribution in [0.15, 0.2) is 42.7 Å². The Kier molecular flexibility index (Phi) is 3.49. The highest BCUT2D eigenvalue weighted by Crippen LogP contribution is 2.25. The molecule has 2 N–H and O–H groups in total. The van der Waals surface area contributed by atoms with Crippen molar-refractivity contribution in [2.24, 2.45) is 5.73 Å². The summed E-state index contributed by atoms with van der Waals surface area (Å²) < 4.78 is 1.55. The van der Waals surface area contributed by atoms with Crippen LogP contribution in [0.25, 0.3) is 5.65 Å². The molecule has 0 radical (unpaired) electrons.